The lowest BCUT2D eigenvalue weighted by atomic mass is 9.72. The van der Waals surface area contributed by atoms with E-state index >= 15 is 0 Å². The predicted molar refractivity (Wildman–Crippen MR) is 121 cm³/mol. The molecule has 0 spiro atoms. The van der Waals surface area contributed by atoms with Gasteiger partial charge >= 0.3 is 5.97 Å². The molecule has 2 fully saturated rings. The number of hydrogen-bond donors (Lipinski definition) is 0. The SMILES string of the molecule is COc1cc(C(=O)O[C@@H]2C3CC[C@H](N(C)C)C2CN(C)C3)cc(OC)c1OC.Cl.Cl. The van der Waals surface area contributed by atoms with Gasteiger partial charge in [-0.05, 0) is 46.1 Å². The zero-order valence-electron chi connectivity index (χ0n) is 18.5. The minimum atomic E-state index is -0.344. The van der Waals surface area contributed by atoms with Crippen molar-refractivity contribution in [1.82, 2.24) is 9.80 Å². The number of hydrogen-bond acceptors (Lipinski definition) is 7. The van der Waals surface area contributed by atoms with E-state index in [-0.39, 0.29) is 36.9 Å². The van der Waals surface area contributed by atoms with E-state index in [1.54, 1.807) is 19.2 Å². The first-order chi connectivity index (χ1) is 13.4. The van der Waals surface area contributed by atoms with Crippen molar-refractivity contribution in [2.24, 2.45) is 11.8 Å². The molecule has 0 aromatic heterocycles. The number of halogens is 2. The summed E-state index contributed by atoms with van der Waals surface area (Å²) in [5.74, 6) is 1.69. The van der Waals surface area contributed by atoms with Crippen LogP contribution in [0.4, 0.5) is 0 Å². The van der Waals surface area contributed by atoms with Crippen molar-refractivity contribution in [2.45, 2.75) is 25.0 Å². The fourth-order valence-corrected chi connectivity index (χ4v) is 4.80. The molecule has 0 radical (unpaired) electrons. The molecule has 2 bridgehead atoms. The van der Waals surface area contributed by atoms with E-state index in [1.165, 1.54) is 14.2 Å². The Kier molecular flexibility index (Phi) is 10.0. The third kappa shape index (κ3) is 5.25. The molecule has 1 aromatic rings. The van der Waals surface area contributed by atoms with E-state index in [0.29, 0.717) is 40.7 Å². The van der Waals surface area contributed by atoms with E-state index in [0.717, 1.165) is 25.9 Å². The number of nitrogens with zero attached hydrogens (tertiary/aromatic N) is 2. The van der Waals surface area contributed by atoms with Crippen LogP contribution in [0.25, 0.3) is 0 Å². The Balaban J connectivity index is 0.00000225. The molecule has 4 atom stereocenters. The van der Waals surface area contributed by atoms with Gasteiger partial charge in [-0.15, -0.1) is 24.8 Å². The molecule has 7 nitrogen and oxygen atoms in total. The van der Waals surface area contributed by atoms with Crippen molar-refractivity contribution < 1.29 is 23.7 Å². The fourth-order valence-electron chi connectivity index (χ4n) is 4.80. The maximum Gasteiger partial charge on any atom is 0.338 e. The topological polar surface area (TPSA) is 60.5 Å². The molecule has 2 unspecified atom stereocenters. The number of methoxy groups -OCH3 is 3. The first-order valence-electron chi connectivity index (χ1n) is 9.75. The standard InChI is InChI=1S/C21H32N2O5.2ClH/c1-22(2)16-8-7-13-11-23(3)12-15(16)19(13)28-21(24)14-9-17(25-4)20(27-6)18(10-14)26-5;;/h9-10,13,15-16,19H,7-8,11-12H2,1-6H3;2*1H/t13?,15?,16-,19+;;/m0../s1. The summed E-state index contributed by atoms with van der Waals surface area (Å²) in [5.41, 5.74) is 0.410. The number of carbonyl (C=O) groups excluding carboxylic acids is 1. The van der Waals surface area contributed by atoms with Gasteiger partial charge in [0.1, 0.15) is 6.10 Å². The lowest BCUT2D eigenvalue weighted by molar-refractivity contribution is -0.0873. The van der Waals surface area contributed by atoms with Crippen LogP contribution in [0.2, 0.25) is 0 Å². The molecule has 1 saturated heterocycles. The monoisotopic (exact) mass is 464 g/mol. The van der Waals surface area contributed by atoms with Crippen LogP contribution in [0.3, 0.4) is 0 Å². The minimum absolute atomic E-state index is 0. The second kappa shape index (κ2) is 11.3. The van der Waals surface area contributed by atoms with E-state index in [2.05, 4.69) is 30.9 Å². The van der Waals surface area contributed by atoms with Crippen molar-refractivity contribution in [2.75, 3.05) is 55.6 Å². The predicted octanol–water partition coefficient (Wildman–Crippen LogP) is 2.98. The quantitative estimate of drug-likeness (QED) is 0.599. The van der Waals surface area contributed by atoms with Gasteiger partial charge in [0.15, 0.2) is 11.5 Å². The number of rotatable bonds is 6. The van der Waals surface area contributed by atoms with Gasteiger partial charge in [0.2, 0.25) is 5.75 Å². The molecule has 1 aliphatic carbocycles. The highest BCUT2D eigenvalue weighted by Gasteiger charge is 2.46. The summed E-state index contributed by atoms with van der Waals surface area (Å²) in [6.45, 7) is 1.90. The smallest absolute Gasteiger partial charge is 0.338 e. The van der Waals surface area contributed by atoms with Crippen molar-refractivity contribution in [1.29, 1.82) is 0 Å². The number of esters is 1. The Morgan fingerprint density at radius 1 is 1.00 bits per heavy atom. The fraction of sp³-hybridized carbons (Fsp3) is 0.667. The summed E-state index contributed by atoms with van der Waals surface area (Å²) in [5, 5.41) is 0. The van der Waals surface area contributed by atoms with E-state index in [4.69, 9.17) is 18.9 Å². The number of benzene rings is 1. The second-order valence-electron chi connectivity index (χ2n) is 8.04. The zero-order valence-corrected chi connectivity index (χ0v) is 20.2. The van der Waals surface area contributed by atoms with Crippen LogP contribution in [-0.4, -0.2) is 83.5 Å². The third-order valence-corrected chi connectivity index (χ3v) is 6.09. The van der Waals surface area contributed by atoms with Gasteiger partial charge in [0, 0.05) is 31.0 Å². The Bertz CT molecular complexity index is 694. The maximum atomic E-state index is 13.0. The first-order valence-corrected chi connectivity index (χ1v) is 9.75. The molecule has 9 heteroatoms. The largest absolute Gasteiger partial charge is 0.493 e. The zero-order chi connectivity index (χ0) is 20.4. The second-order valence-corrected chi connectivity index (χ2v) is 8.04. The number of carbonyl (C=O) groups is 1. The molecular formula is C21H34Cl2N2O5. The molecule has 1 saturated carbocycles. The summed E-state index contributed by atoms with van der Waals surface area (Å²) in [4.78, 5) is 17.7. The molecule has 3 rings (SSSR count). The Morgan fingerprint density at radius 2 is 1.60 bits per heavy atom. The Morgan fingerprint density at radius 3 is 2.10 bits per heavy atom. The highest BCUT2D eigenvalue weighted by atomic mass is 35.5. The van der Waals surface area contributed by atoms with Gasteiger partial charge in [-0.3, -0.25) is 0 Å². The molecular weight excluding hydrogens is 431 g/mol. The van der Waals surface area contributed by atoms with E-state index in [1.807, 2.05) is 0 Å². The van der Waals surface area contributed by atoms with Crippen molar-refractivity contribution >= 4 is 30.8 Å². The average Bonchev–Trinajstić information content (AvgIpc) is 2.67. The highest BCUT2D eigenvalue weighted by molar-refractivity contribution is 5.91. The van der Waals surface area contributed by atoms with Gasteiger partial charge < -0.3 is 28.7 Å². The highest BCUT2D eigenvalue weighted by Crippen LogP contribution is 2.41. The molecule has 0 amide bonds. The average molecular weight is 465 g/mol. The molecule has 30 heavy (non-hydrogen) atoms. The van der Waals surface area contributed by atoms with Crippen LogP contribution in [0.5, 0.6) is 17.2 Å². The summed E-state index contributed by atoms with van der Waals surface area (Å²) < 4.78 is 22.2. The Labute approximate surface area is 191 Å². The van der Waals surface area contributed by atoms with Crippen LogP contribution in [-0.2, 0) is 4.74 Å². The van der Waals surface area contributed by atoms with E-state index in [9.17, 15) is 4.79 Å². The number of ether oxygens (including phenoxy) is 4. The molecule has 1 aromatic carbocycles. The van der Waals surface area contributed by atoms with Crippen LogP contribution in [0, 0.1) is 11.8 Å². The first kappa shape index (κ1) is 26.6. The van der Waals surface area contributed by atoms with Crippen molar-refractivity contribution in [3.05, 3.63) is 17.7 Å². The molecule has 2 aliphatic rings. The van der Waals surface area contributed by atoms with Crippen LogP contribution in [0.15, 0.2) is 12.1 Å². The van der Waals surface area contributed by atoms with E-state index < -0.39 is 0 Å². The summed E-state index contributed by atoms with van der Waals surface area (Å²) >= 11 is 0. The molecule has 1 aliphatic heterocycles. The van der Waals surface area contributed by atoms with Crippen molar-refractivity contribution in [3.63, 3.8) is 0 Å². The number of likely N-dealkylation sites (tertiary alicyclic amines) is 1. The maximum absolute atomic E-state index is 13.0. The van der Waals surface area contributed by atoms with Gasteiger partial charge in [0.25, 0.3) is 0 Å². The third-order valence-electron chi connectivity index (χ3n) is 6.09. The minimum Gasteiger partial charge on any atom is -0.493 e. The van der Waals surface area contributed by atoms with Crippen LogP contribution in [0.1, 0.15) is 23.2 Å². The Hall–Kier alpha value is -1.41. The van der Waals surface area contributed by atoms with Crippen LogP contribution < -0.4 is 14.2 Å². The van der Waals surface area contributed by atoms with Gasteiger partial charge in [-0.25, -0.2) is 4.79 Å². The summed E-state index contributed by atoms with van der Waals surface area (Å²) in [6.07, 6.45) is 2.13. The molecule has 172 valence electrons. The lowest BCUT2D eigenvalue weighted by Crippen LogP contribution is -2.59. The van der Waals surface area contributed by atoms with Gasteiger partial charge in [-0.2, -0.15) is 0 Å². The summed E-state index contributed by atoms with van der Waals surface area (Å²) in [7, 11) is 11.0. The number of fused-ring (bicyclic) bond motifs is 2. The summed E-state index contributed by atoms with van der Waals surface area (Å²) in [6, 6.07) is 3.71. The van der Waals surface area contributed by atoms with Gasteiger partial charge in [-0.1, -0.05) is 0 Å². The normalized spacial score (nSPS) is 25.6. The van der Waals surface area contributed by atoms with Crippen molar-refractivity contribution in [3.8, 4) is 17.2 Å². The molecule has 1 heterocycles. The van der Waals surface area contributed by atoms with Gasteiger partial charge in [0.05, 0.1) is 26.9 Å². The number of piperidine rings is 1. The molecule has 0 N–H and O–H groups in total. The van der Waals surface area contributed by atoms with Crippen LogP contribution >= 0.6 is 24.8 Å². The lowest BCUT2D eigenvalue weighted by Gasteiger charge is -2.50.